The van der Waals surface area contributed by atoms with E-state index in [0.717, 1.165) is 0 Å². The zero-order valence-corrected chi connectivity index (χ0v) is 9.67. The summed E-state index contributed by atoms with van der Waals surface area (Å²) in [5.74, 6) is -1.54. The van der Waals surface area contributed by atoms with Gasteiger partial charge in [-0.25, -0.2) is 14.8 Å². The molecule has 92 valence electrons. The molecule has 1 heterocycles. The van der Waals surface area contributed by atoms with E-state index in [1.54, 1.807) is 0 Å². The zero-order valence-electron chi connectivity index (χ0n) is 9.67. The van der Waals surface area contributed by atoms with Crippen LogP contribution in [0.2, 0.25) is 0 Å². The number of hydrogen-bond donors (Lipinski definition) is 2. The Hall–Kier alpha value is -2.02. The number of carboxylic acids is 1. The van der Waals surface area contributed by atoms with Crippen molar-refractivity contribution < 1.29 is 14.7 Å². The normalized spacial score (nSPS) is 10.3. The Kier molecular flexibility index (Phi) is 4.53. The number of amides is 1. The first kappa shape index (κ1) is 13.0. The van der Waals surface area contributed by atoms with Crippen molar-refractivity contribution in [3.8, 4) is 0 Å². The van der Waals surface area contributed by atoms with Gasteiger partial charge in [-0.1, -0.05) is 0 Å². The molecule has 1 aromatic heterocycles. The van der Waals surface area contributed by atoms with Gasteiger partial charge in [-0.15, -0.1) is 0 Å². The molecule has 0 fully saturated rings. The maximum atomic E-state index is 11.5. The summed E-state index contributed by atoms with van der Waals surface area (Å²) in [6, 6.07) is 0. The molecular formula is C10H14N4O3. The van der Waals surface area contributed by atoms with Gasteiger partial charge in [-0.3, -0.25) is 4.79 Å². The number of carboxylic acid groups (broad SMARTS) is 1. The minimum atomic E-state index is -1.22. The first-order valence-corrected chi connectivity index (χ1v) is 4.99. The van der Waals surface area contributed by atoms with E-state index in [0.29, 0.717) is 6.54 Å². The van der Waals surface area contributed by atoms with Crippen molar-refractivity contribution in [1.82, 2.24) is 14.9 Å². The largest absolute Gasteiger partial charge is 0.476 e. The highest BCUT2D eigenvalue weighted by molar-refractivity contribution is 5.97. The summed E-state index contributed by atoms with van der Waals surface area (Å²) < 4.78 is 0. The summed E-state index contributed by atoms with van der Waals surface area (Å²) in [5, 5.41) is 11.3. The average Bonchev–Trinajstić information content (AvgIpc) is 2.27. The molecular weight excluding hydrogens is 224 g/mol. The number of carbonyl (C=O) groups is 2. The van der Waals surface area contributed by atoms with Gasteiger partial charge in [0.25, 0.3) is 0 Å². The Morgan fingerprint density at radius 3 is 2.59 bits per heavy atom. The van der Waals surface area contributed by atoms with E-state index in [4.69, 9.17) is 5.11 Å². The lowest BCUT2D eigenvalue weighted by molar-refractivity contribution is -0.116. The van der Waals surface area contributed by atoms with Gasteiger partial charge in [-0.2, -0.15) is 0 Å². The van der Waals surface area contributed by atoms with Crippen LogP contribution >= 0.6 is 0 Å². The van der Waals surface area contributed by atoms with Crippen LogP contribution in [0.3, 0.4) is 0 Å². The van der Waals surface area contributed by atoms with Crippen molar-refractivity contribution in [3.63, 3.8) is 0 Å². The smallest absolute Gasteiger partial charge is 0.358 e. The van der Waals surface area contributed by atoms with Gasteiger partial charge in [-0.05, 0) is 14.1 Å². The molecule has 0 unspecified atom stereocenters. The van der Waals surface area contributed by atoms with E-state index in [9.17, 15) is 9.59 Å². The number of hydrogen-bond acceptors (Lipinski definition) is 5. The monoisotopic (exact) mass is 238 g/mol. The quantitative estimate of drug-likeness (QED) is 0.753. The Labute approximate surface area is 98.5 Å². The lowest BCUT2D eigenvalue weighted by Gasteiger charge is -2.09. The number of nitrogens with zero attached hydrogens (tertiary/aromatic N) is 3. The maximum Gasteiger partial charge on any atom is 0.358 e. The van der Waals surface area contributed by atoms with Crippen molar-refractivity contribution in [2.45, 2.75) is 6.42 Å². The number of aromatic nitrogens is 2. The van der Waals surface area contributed by atoms with Crippen LogP contribution in [0.5, 0.6) is 0 Å². The van der Waals surface area contributed by atoms with Crippen molar-refractivity contribution in [2.75, 3.05) is 26.0 Å². The lowest BCUT2D eigenvalue weighted by atomic mass is 10.3. The van der Waals surface area contributed by atoms with Crippen molar-refractivity contribution in [3.05, 3.63) is 18.1 Å². The summed E-state index contributed by atoms with van der Waals surface area (Å²) in [5.41, 5.74) is -0.259. The summed E-state index contributed by atoms with van der Waals surface area (Å²) in [6.45, 7) is 0.578. The second kappa shape index (κ2) is 5.90. The minimum Gasteiger partial charge on any atom is -0.476 e. The third kappa shape index (κ3) is 4.15. The highest BCUT2D eigenvalue weighted by atomic mass is 16.4. The Morgan fingerprint density at radius 1 is 1.35 bits per heavy atom. The van der Waals surface area contributed by atoms with Gasteiger partial charge in [0.05, 0.1) is 0 Å². The lowest BCUT2D eigenvalue weighted by Crippen LogP contribution is -2.22. The standard InChI is InChI=1S/C10H14N4O3/c1-14(2)6-3-7(15)13-9-8(10(16)17)11-4-5-12-9/h4-5H,3,6H2,1-2H3,(H,16,17)(H,12,13,15). The van der Waals surface area contributed by atoms with E-state index in [1.807, 2.05) is 19.0 Å². The van der Waals surface area contributed by atoms with Crippen LogP contribution in [0.1, 0.15) is 16.9 Å². The van der Waals surface area contributed by atoms with Crippen LogP contribution in [0.4, 0.5) is 5.82 Å². The van der Waals surface area contributed by atoms with Gasteiger partial charge in [0.15, 0.2) is 11.5 Å². The molecule has 0 saturated heterocycles. The van der Waals surface area contributed by atoms with Crippen LogP contribution in [0.15, 0.2) is 12.4 Å². The summed E-state index contributed by atoms with van der Waals surface area (Å²) in [7, 11) is 3.69. The Bertz CT molecular complexity index is 420. The number of anilines is 1. The molecule has 0 bridgehead atoms. The Morgan fingerprint density at radius 2 is 2.00 bits per heavy atom. The molecule has 7 nitrogen and oxygen atoms in total. The van der Waals surface area contributed by atoms with Crippen LogP contribution in [-0.2, 0) is 4.79 Å². The second-order valence-corrected chi connectivity index (χ2v) is 3.66. The predicted octanol–water partition coefficient (Wildman–Crippen LogP) is 0.0650. The second-order valence-electron chi connectivity index (χ2n) is 3.66. The summed E-state index contributed by atoms with van der Waals surface area (Å²) in [4.78, 5) is 31.6. The van der Waals surface area contributed by atoms with Gasteiger partial charge in [0.1, 0.15) is 0 Å². The fraction of sp³-hybridized carbons (Fsp3) is 0.400. The van der Waals surface area contributed by atoms with Crippen molar-refractivity contribution in [1.29, 1.82) is 0 Å². The number of aromatic carboxylic acids is 1. The third-order valence-electron chi connectivity index (χ3n) is 1.94. The molecule has 0 radical (unpaired) electrons. The van der Waals surface area contributed by atoms with Crippen LogP contribution < -0.4 is 5.32 Å². The minimum absolute atomic E-state index is 0.0243. The molecule has 0 atom stereocenters. The molecule has 0 spiro atoms. The zero-order chi connectivity index (χ0) is 12.8. The highest BCUT2D eigenvalue weighted by Crippen LogP contribution is 2.08. The number of nitrogens with one attached hydrogen (secondary N) is 1. The van der Waals surface area contributed by atoms with Crippen LogP contribution in [0.25, 0.3) is 0 Å². The highest BCUT2D eigenvalue weighted by Gasteiger charge is 2.14. The van der Waals surface area contributed by atoms with Crippen LogP contribution in [-0.4, -0.2) is 52.5 Å². The molecule has 0 aliphatic heterocycles. The number of rotatable bonds is 5. The van der Waals surface area contributed by atoms with E-state index in [-0.39, 0.29) is 23.8 Å². The van der Waals surface area contributed by atoms with Gasteiger partial charge >= 0.3 is 5.97 Å². The molecule has 1 aromatic rings. The van der Waals surface area contributed by atoms with Crippen LogP contribution in [0, 0.1) is 0 Å². The molecule has 0 aliphatic carbocycles. The third-order valence-corrected chi connectivity index (χ3v) is 1.94. The van der Waals surface area contributed by atoms with E-state index < -0.39 is 5.97 Å². The molecule has 7 heteroatoms. The predicted molar refractivity (Wildman–Crippen MR) is 60.8 cm³/mol. The average molecular weight is 238 g/mol. The molecule has 17 heavy (non-hydrogen) atoms. The molecule has 0 saturated carbocycles. The topological polar surface area (TPSA) is 95.4 Å². The van der Waals surface area contributed by atoms with E-state index in [2.05, 4.69) is 15.3 Å². The van der Waals surface area contributed by atoms with Crippen molar-refractivity contribution in [2.24, 2.45) is 0 Å². The fourth-order valence-corrected chi connectivity index (χ4v) is 1.11. The SMILES string of the molecule is CN(C)CCC(=O)Nc1nccnc1C(=O)O. The Balaban J connectivity index is 2.68. The first-order chi connectivity index (χ1) is 8.00. The number of carbonyl (C=O) groups excluding carboxylic acids is 1. The molecule has 2 N–H and O–H groups in total. The summed E-state index contributed by atoms with van der Waals surface area (Å²) in [6.07, 6.45) is 2.86. The molecule has 0 aliphatic rings. The molecule has 1 amide bonds. The molecule has 0 aromatic carbocycles. The van der Waals surface area contributed by atoms with Gasteiger partial charge < -0.3 is 15.3 Å². The van der Waals surface area contributed by atoms with E-state index >= 15 is 0 Å². The van der Waals surface area contributed by atoms with Crippen molar-refractivity contribution >= 4 is 17.7 Å². The summed E-state index contributed by atoms with van der Waals surface area (Å²) >= 11 is 0. The van der Waals surface area contributed by atoms with E-state index in [1.165, 1.54) is 12.4 Å². The first-order valence-electron chi connectivity index (χ1n) is 4.99. The van der Waals surface area contributed by atoms with Gasteiger partial charge in [0, 0.05) is 25.4 Å². The molecule has 1 rings (SSSR count). The fourth-order valence-electron chi connectivity index (χ4n) is 1.11. The maximum absolute atomic E-state index is 11.5. The van der Waals surface area contributed by atoms with Gasteiger partial charge in [0.2, 0.25) is 5.91 Å².